The maximum atomic E-state index is 11.6. The van der Waals surface area contributed by atoms with E-state index in [9.17, 15) is 9.90 Å². The van der Waals surface area contributed by atoms with Gasteiger partial charge in [0.05, 0.1) is 12.0 Å². The number of benzene rings is 1. The summed E-state index contributed by atoms with van der Waals surface area (Å²) >= 11 is 0. The number of hydrogen-bond acceptors (Lipinski definition) is 3. The second-order valence-electron chi connectivity index (χ2n) is 5.60. The summed E-state index contributed by atoms with van der Waals surface area (Å²) in [6.45, 7) is 0.839. The fraction of sp³-hybridized carbons (Fsp3) is 0.562. The number of rotatable bonds is 6. The van der Waals surface area contributed by atoms with Gasteiger partial charge in [0.15, 0.2) is 0 Å². The van der Waals surface area contributed by atoms with E-state index in [0.29, 0.717) is 13.2 Å². The summed E-state index contributed by atoms with van der Waals surface area (Å²) in [6, 6.07) is 9.86. The summed E-state index contributed by atoms with van der Waals surface area (Å²) < 4.78 is 0. The molecular formula is C16H23NO3. The molecule has 4 nitrogen and oxygen atoms in total. The molecule has 0 aliphatic heterocycles. The lowest BCUT2D eigenvalue weighted by atomic mass is 9.80. The number of carboxylic acid groups (broad SMARTS) is 1. The van der Waals surface area contributed by atoms with Crippen molar-refractivity contribution in [2.24, 2.45) is 5.41 Å². The van der Waals surface area contributed by atoms with Crippen LogP contribution in [0.5, 0.6) is 0 Å². The van der Waals surface area contributed by atoms with Gasteiger partial charge in [-0.3, -0.25) is 9.63 Å². The minimum Gasteiger partial charge on any atom is -0.481 e. The van der Waals surface area contributed by atoms with Gasteiger partial charge in [-0.05, 0) is 18.4 Å². The highest BCUT2D eigenvalue weighted by molar-refractivity contribution is 5.75. The van der Waals surface area contributed by atoms with E-state index in [2.05, 4.69) is 5.48 Å². The van der Waals surface area contributed by atoms with Crippen molar-refractivity contribution in [2.45, 2.75) is 45.1 Å². The lowest BCUT2D eigenvalue weighted by Crippen LogP contribution is -2.40. The molecule has 0 heterocycles. The summed E-state index contributed by atoms with van der Waals surface area (Å²) in [7, 11) is 0. The molecule has 1 saturated carbocycles. The lowest BCUT2D eigenvalue weighted by Gasteiger charge is -2.28. The Balaban J connectivity index is 1.82. The molecule has 0 saturated heterocycles. The number of hydrogen-bond donors (Lipinski definition) is 2. The molecule has 20 heavy (non-hydrogen) atoms. The van der Waals surface area contributed by atoms with Gasteiger partial charge in [0.1, 0.15) is 0 Å². The number of nitrogens with one attached hydrogen (secondary N) is 1. The third-order valence-electron chi connectivity index (χ3n) is 4.11. The average Bonchev–Trinajstić information content (AvgIpc) is 2.71. The number of aliphatic carboxylic acids is 1. The van der Waals surface area contributed by atoms with Crippen LogP contribution in [0.15, 0.2) is 30.3 Å². The van der Waals surface area contributed by atoms with E-state index in [1.807, 2.05) is 30.3 Å². The Kier molecular flexibility index (Phi) is 5.56. The third kappa shape index (κ3) is 4.05. The first-order valence-electron chi connectivity index (χ1n) is 7.35. The monoisotopic (exact) mass is 277 g/mol. The summed E-state index contributed by atoms with van der Waals surface area (Å²) in [5.74, 6) is -0.699. The van der Waals surface area contributed by atoms with Gasteiger partial charge in [-0.15, -0.1) is 0 Å². The van der Waals surface area contributed by atoms with Crippen molar-refractivity contribution in [3.8, 4) is 0 Å². The third-order valence-corrected chi connectivity index (χ3v) is 4.11. The molecule has 0 radical (unpaired) electrons. The van der Waals surface area contributed by atoms with Crippen molar-refractivity contribution >= 4 is 5.97 Å². The Morgan fingerprint density at radius 2 is 1.80 bits per heavy atom. The number of carbonyl (C=O) groups is 1. The predicted octanol–water partition coefficient (Wildman–Crippen LogP) is 3.13. The minimum atomic E-state index is -0.699. The van der Waals surface area contributed by atoms with Gasteiger partial charge in [0, 0.05) is 6.54 Å². The molecule has 1 aliphatic rings. The van der Waals surface area contributed by atoms with Crippen molar-refractivity contribution in [1.29, 1.82) is 0 Å². The second kappa shape index (κ2) is 7.41. The van der Waals surface area contributed by atoms with Crippen LogP contribution in [0.2, 0.25) is 0 Å². The van der Waals surface area contributed by atoms with Crippen LogP contribution in [0.3, 0.4) is 0 Å². The largest absolute Gasteiger partial charge is 0.481 e. The van der Waals surface area contributed by atoms with E-state index in [-0.39, 0.29) is 0 Å². The molecule has 1 aromatic rings. The zero-order valence-electron chi connectivity index (χ0n) is 11.8. The maximum absolute atomic E-state index is 11.6. The van der Waals surface area contributed by atoms with Crippen molar-refractivity contribution in [3.63, 3.8) is 0 Å². The van der Waals surface area contributed by atoms with Crippen LogP contribution >= 0.6 is 0 Å². The van der Waals surface area contributed by atoms with Crippen LogP contribution in [0, 0.1) is 5.41 Å². The first-order valence-corrected chi connectivity index (χ1v) is 7.35. The zero-order chi connectivity index (χ0) is 14.3. The summed E-state index contributed by atoms with van der Waals surface area (Å²) in [5, 5.41) is 9.53. The smallest absolute Gasteiger partial charge is 0.311 e. The van der Waals surface area contributed by atoms with Gasteiger partial charge < -0.3 is 5.11 Å². The van der Waals surface area contributed by atoms with Crippen LogP contribution in [0.25, 0.3) is 0 Å². The van der Waals surface area contributed by atoms with Crippen molar-refractivity contribution in [2.75, 3.05) is 6.54 Å². The van der Waals surface area contributed by atoms with Crippen LogP contribution in [0.4, 0.5) is 0 Å². The molecule has 0 bridgehead atoms. The highest BCUT2D eigenvalue weighted by atomic mass is 16.6. The SMILES string of the molecule is O=C(O)C1(CNOCc2ccccc2)CCCCCC1. The van der Waals surface area contributed by atoms with Gasteiger partial charge in [-0.1, -0.05) is 56.0 Å². The Labute approximate surface area is 120 Å². The molecule has 0 amide bonds. The molecule has 2 rings (SSSR count). The molecule has 1 aromatic carbocycles. The van der Waals surface area contributed by atoms with Crippen LogP contribution < -0.4 is 5.48 Å². The summed E-state index contributed by atoms with van der Waals surface area (Å²) in [6.07, 6.45) is 5.74. The van der Waals surface area contributed by atoms with E-state index < -0.39 is 11.4 Å². The van der Waals surface area contributed by atoms with Crippen LogP contribution in [-0.2, 0) is 16.2 Å². The molecule has 0 atom stereocenters. The van der Waals surface area contributed by atoms with Gasteiger partial charge in [-0.2, -0.15) is 0 Å². The van der Waals surface area contributed by atoms with Crippen molar-refractivity contribution < 1.29 is 14.7 Å². The van der Waals surface area contributed by atoms with Gasteiger partial charge in [-0.25, -0.2) is 5.48 Å². The average molecular weight is 277 g/mol. The van der Waals surface area contributed by atoms with Gasteiger partial charge in [0.2, 0.25) is 0 Å². The Morgan fingerprint density at radius 3 is 2.40 bits per heavy atom. The standard InChI is InChI=1S/C16H23NO3/c18-15(19)16(10-6-1-2-7-11-16)13-17-20-12-14-8-4-3-5-9-14/h3-5,8-9,17H,1-2,6-7,10-13H2,(H,18,19). The molecule has 0 aromatic heterocycles. The van der Waals surface area contributed by atoms with Gasteiger partial charge in [0.25, 0.3) is 0 Å². The molecule has 0 unspecified atom stereocenters. The molecule has 0 spiro atoms. The molecule has 1 aliphatic carbocycles. The molecule has 4 heteroatoms. The van der Waals surface area contributed by atoms with E-state index in [0.717, 1.165) is 44.1 Å². The first-order chi connectivity index (χ1) is 9.73. The second-order valence-corrected chi connectivity index (χ2v) is 5.60. The quantitative estimate of drug-likeness (QED) is 0.476. The lowest BCUT2D eigenvalue weighted by molar-refractivity contribution is -0.151. The molecular weight excluding hydrogens is 254 g/mol. The molecule has 110 valence electrons. The predicted molar refractivity (Wildman–Crippen MR) is 77.0 cm³/mol. The first kappa shape index (κ1) is 15.0. The minimum absolute atomic E-state index is 0.384. The van der Waals surface area contributed by atoms with Gasteiger partial charge >= 0.3 is 5.97 Å². The van der Waals surface area contributed by atoms with E-state index in [1.54, 1.807) is 0 Å². The normalized spacial score (nSPS) is 18.4. The summed E-state index contributed by atoms with van der Waals surface area (Å²) in [5.41, 5.74) is 3.29. The number of carboxylic acids is 1. The summed E-state index contributed by atoms with van der Waals surface area (Å²) in [4.78, 5) is 17.0. The fourth-order valence-corrected chi connectivity index (χ4v) is 2.77. The Morgan fingerprint density at radius 1 is 1.15 bits per heavy atom. The van der Waals surface area contributed by atoms with E-state index in [1.165, 1.54) is 0 Å². The van der Waals surface area contributed by atoms with Crippen LogP contribution in [-0.4, -0.2) is 17.6 Å². The topological polar surface area (TPSA) is 58.6 Å². The molecule has 2 N–H and O–H groups in total. The fourth-order valence-electron chi connectivity index (χ4n) is 2.77. The highest BCUT2D eigenvalue weighted by Gasteiger charge is 2.38. The molecule has 1 fully saturated rings. The Hall–Kier alpha value is -1.39. The van der Waals surface area contributed by atoms with E-state index >= 15 is 0 Å². The highest BCUT2D eigenvalue weighted by Crippen LogP contribution is 2.34. The van der Waals surface area contributed by atoms with E-state index in [4.69, 9.17) is 4.84 Å². The van der Waals surface area contributed by atoms with Crippen LogP contribution in [0.1, 0.15) is 44.1 Å². The Bertz CT molecular complexity index is 411. The maximum Gasteiger partial charge on any atom is 0.311 e. The van der Waals surface area contributed by atoms with Crippen molar-refractivity contribution in [3.05, 3.63) is 35.9 Å². The zero-order valence-corrected chi connectivity index (χ0v) is 11.8. The van der Waals surface area contributed by atoms with Crippen molar-refractivity contribution in [1.82, 2.24) is 5.48 Å². The number of hydroxylamine groups is 1.